The summed E-state index contributed by atoms with van der Waals surface area (Å²) < 4.78 is 2.08. The smallest absolute Gasteiger partial charge is 0.140 e. The van der Waals surface area contributed by atoms with E-state index in [-0.39, 0.29) is 0 Å². The van der Waals surface area contributed by atoms with E-state index >= 15 is 0 Å². The van der Waals surface area contributed by atoms with E-state index in [0.29, 0.717) is 6.54 Å². The van der Waals surface area contributed by atoms with Crippen molar-refractivity contribution >= 4 is 5.69 Å². The van der Waals surface area contributed by atoms with E-state index in [9.17, 15) is 0 Å². The molecule has 2 N–H and O–H groups in total. The van der Waals surface area contributed by atoms with Crippen LogP contribution >= 0.6 is 0 Å². The Bertz CT molecular complexity index is 731. The van der Waals surface area contributed by atoms with Crippen LogP contribution in [0.3, 0.4) is 0 Å². The lowest BCUT2D eigenvalue weighted by molar-refractivity contribution is 0.778. The van der Waals surface area contributed by atoms with Crippen LogP contribution < -0.4 is 5.73 Å². The second-order valence-corrected chi connectivity index (χ2v) is 4.77. The lowest BCUT2D eigenvalue weighted by atomic mass is 10.2. The molecule has 1 aromatic carbocycles. The van der Waals surface area contributed by atoms with Gasteiger partial charge >= 0.3 is 0 Å². The fourth-order valence-corrected chi connectivity index (χ4v) is 2.24. The minimum Gasteiger partial charge on any atom is -0.399 e. The van der Waals surface area contributed by atoms with Gasteiger partial charge in [-0.15, -0.1) is 0 Å². The van der Waals surface area contributed by atoms with Crippen LogP contribution in [0.25, 0.3) is 11.4 Å². The van der Waals surface area contributed by atoms with Gasteiger partial charge in [-0.1, -0.05) is 18.2 Å². The molecule has 0 aliphatic carbocycles. The van der Waals surface area contributed by atoms with Gasteiger partial charge in [0.15, 0.2) is 0 Å². The SMILES string of the molecule is Cc1cccc(Cn2ccnc2-c2cccc(N)c2)n1. The van der Waals surface area contributed by atoms with E-state index in [1.807, 2.05) is 55.6 Å². The first-order valence-electron chi connectivity index (χ1n) is 6.52. The number of aryl methyl sites for hydroxylation is 1. The number of nitrogens with zero attached hydrogens (tertiary/aromatic N) is 3. The molecule has 0 atom stereocenters. The molecule has 0 aliphatic heterocycles. The van der Waals surface area contributed by atoms with Gasteiger partial charge in [-0.3, -0.25) is 4.98 Å². The zero-order valence-electron chi connectivity index (χ0n) is 11.3. The standard InChI is InChI=1S/C16H16N4/c1-12-4-2-7-15(19-12)11-20-9-8-18-16(20)13-5-3-6-14(17)10-13/h2-10H,11,17H2,1H3. The second-order valence-electron chi connectivity index (χ2n) is 4.77. The number of aromatic nitrogens is 3. The Kier molecular flexibility index (Phi) is 3.21. The molecule has 0 radical (unpaired) electrons. The van der Waals surface area contributed by atoms with Gasteiger partial charge in [-0.2, -0.15) is 0 Å². The van der Waals surface area contributed by atoms with E-state index in [1.165, 1.54) is 0 Å². The van der Waals surface area contributed by atoms with Crippen molar-refractivity contribution < 1.29 is 0 Å². The van der Waals surface area contributed by atoms with Gasteiger partial charge in [0.2, 0.25) is 0 Å². The minimum atomic E-state index is 0.700. The summed E-state index contributed by atoms with van der Waals surface area (Å²) in [6, 6.07) is 13.8. The maximum Gasteiger partial charge on any atom is 0.140 e. The first-order valence-corrected chi connectivity index (χ1v) is 6.52. The van der Waals surface area contributed by atoms with Crippen molar-refractivity contribution in [1.82, 2.24) is 14.5 Å². The van der Waals surface area contributed by atoms with E-state index in [2.05, 4.69) is 14.5 Å². The molecule has 2 aromatic heterocycles. The van der Waals surface area contributed by atoms with Crippen molar-refractivity contribution in [3.05, 3.63) is 66.2 Å². The monoisotopic (exact) mass is 264 g/mol. The molecule has 3 aromatic rings. The summed E-state index contributed by atoms with van der Waals surface area (Å²) in [7, 11) is 0. The maximum absolute atomic E-state index is 5.84. The second kappa shape index (κ2) is 5.17. The highest BCUT2D eigenvalue weighted by atomic mass is 15.1. The van der Waals surface area contributed by atoms with Gasteiger partial charge in [-0.05, 0) is 31.2 Å². The van der Waals surface area contributed by atoms with Gasteiger partial charge in [0.1, 0.15) is 5.82 Å². The van der Waals surface area contributed by atoms with E-state index in [4.69, 9.17) is 5.73 Å². The van der Waals surface area contributed by atoms with Gasteiger partial charge in [0.05, 0.1) is 12.2 Å². The van der Waals surface area contributed by atoms with Crippen molar-refractivity contribution in [1.29, 1.82) is 0 Å². The summed E-state index contributed by atoms with van der Waals surface area (Å²) in [5, 5.41) is 0. The summed E-state index contributed by atoms with van der Waals surface area (Å²) >= 11 is 0. The quantitative estimate of drug-likeness (QED) is 0.740. The summed E-state index contributed by atoms with van der Waals surface area (Å²) in [4.78, 5) is 8.95. The van der Waals surface area contributed by atoms with E-state index in [1.54, 1.807) is 6.20 Å². The highest BCUT2D eigenvalue weighted by Crippen LogP contribution is 2.20. The average Bonchev–Trinajstić information content (AvgIpc) is 2.87. The van der Waals surface area contributed by atoms with Crippen LogP contribution in [0, 0.1) is 6.92 Å². The molecular formula is C16H16N4. The lowest BCUT2D eigenvalue weighted by Crippen LogP contribution is -2.03. The number of pyridine rings is 1. The normalized spacial score (nSPS) is 10.7. The number of rotatable bonds is 3. The van der Waals surface area contributed by atoms with Crippen LogP contribution in [0.15, 0.2) is 54.9 Å². The fourth-order valence-electron chi connectivity index (χ4n) is 2.24. The first kappa shape index (κ1) is 12.4. The Balaban J connectivity index is 1.94. The molecule has 0 saturated carbocycles. The zero-order valence-corrected chi connectivity index (χ0v) is 11.3. The molecule has 0 amide bonds. The van der Waals surface area contributed by atoms with Crippen molar-refractivity contribution in [3.63, 3.8) is 0 Å². The third kappa shape index (κ3) is 2.54. The molecule has 0 bridgehead atoms. The summed E-state index contributed by atoms with van der Waals surface area (Å²) in [6.07, 6.45) is 3.76. The molecule has 0 saturated heterocycles. The Hall–Kier alpha value is -2.62. The lowest BCUT2D eigenvalue weighted by Gasteiger charge is -2.08. The largest absolute Gasteiger partial charge is 0.399 e. The van der Waals surface area contributed by atoms with Gasteiger partial charge < -0.3 is 10.3 Å². The van der Waals surface area contributed by atoms with Crippen LogP contribution in [-0.2, 0) is 6.54 Å². The van der Waals surface area contributed by atoms with Gasteiger partial charge in [0, 0.05) is 29.3 Å². The molecule has 0 spiro atoms. The number of hydrogen-bond acceptors (Lipinski definition) is 3. The number of benzene rings is 1. The zero-order chi connectivity index (χ0) is 13.9. The summed E-state index contributed by atoms with van der Waals surface area (Å²) in [5.41, 5.74) is 9.64. The van der Waals surface area contributed by atoms with Crippen LogP contribution in [0.2, 0.25) is 0 Å². The fraction of sp³-hybridized carbons (Fsp3) is 0.125. The Morgan fingerprint density at radius 2 is 2.00 bits per heavy atom. The highest BCUT2D eigenvalue weighted by Gasteiger charge is 2.07. The molecule has 20 heavy (non-hydrogen) atoms. The number of nitrogens with two attached hydrogens (primary N) is 1. The van der Waals surface area contributed by atoms with Crippen molar-refractivity contribution in [3.8, 4) is 11.4 Å². The third-order valence-electron chi connectivity index (χ3n) is 3.14. The molecule has 0 fully saturated rings. The van der Waals surface area contributed by atoms with Crippen LogP contribution in [0.4, 0.5) is 5.69 Å². The average molecular weight is 264 g/mol. The predicted octanol–water partition coefficient (Wildman–Crippen LogP) is 2.88. The van der Waals surface area contributed by atoms with Crippen molar-refractivity contribution in [2.45, 2.75) is 13.5 Å². The first-order chi connectivity index (χ1) is 9.72. The summed E-state index contributed by atoms with van der Waals surface area (Å²) in [5.74, 6) is 0.903. The number of nitrogen functional groups attached to an aromatic ring is 1. The highest BCUT2D eigenvalue weighted by molar-refractivity contribution is 5.61. The number of hydrogen-bond donors (Lipinski definition) is 1. The maximum atomic E-state index is 5.84. The Morgan fingerprint density at radius 3 is 2.80 bits per heavy atom. The molecule has 100 valence electrons. The molecule has 0 aliphatic rings. The molecular weight excluding hydrogens is 248 g/mol. The number of imidazole rings is 1. The predicted molar refractivity (Wildman–Crippen MR) is 80.2 cm³/mol. The van der Waals surface area contributed by atoms with Crippen LogP contribution in [-0.4, -0.2) is 14.5 Å². The van der Waals surface area contributed by atoms with Gasteiger partial charge in [0.25, 0.3) is 0 Å². The topological polar surface area (TPSA) is 56.7 Å². The molecule has 3 rings (SSSR count). The van der Waals surface area contributed by atoms with Gasteiger partial charge in [-0.25, -0.2) is 4.98 Å². The number of anilines is 1. The van der Waals surface area contributed by atoms with Crippen molar-refractivity contribution in [2.75, 3.05) is 5.73 Å². The molecule has 4 nitrogen and oxygen atoms in total. The minimum absolute atomic E-state index is 0.700. The Morgan fingerprint density at radius 1 is 1.15 bits per heavy atom. The Labute approximate surface area is 117 Å². The van der Waals surface area contributed by atoms with Crippen molar-refractivity contribution in [2.24, 2.45) is 0 Å². The molecule has 2 heterocycles. The van der Waals surface area contributed by atoms with Crippen LogP contribution in [0.1, 0.15) is 11.4 Å². The summed E-state index contributed by atoms with van der Waals surface area (Å²) in [6.45, 7) is 2.70. The molecule has 4 heteroatoms. The van der Waals surface area contributed by atoms with Crippen LogP contribution in [0.5, 0.6) is 0 Å². The molecule has 0 unspecified atom stereocenters. The van der Waals surface area contributed by atoms with E-state index < -0.39 is 0 Å². The van der Waals surface area contributed by atoms with E-state index in [0.717, 1.165) is 28.5 Å². The third-order valence-corrected chi connectivity index (χ3v) is 3.14.